The molecule has 2 aromatic heterocycles. The molecule has 0 unspecified atom stereocenters. The van der Waals surface area contributed by atoms with Gasteiger partial charge in [-0.1, -0.05) is 63.7 Å². The Morgan fingerprint density at radius 1 is 1.07 bits per heavy atom. The Bertz CT molecular complexity index is 2000. The predicted octanol–water partition coefficient (Wildman–Crippen LogP) is 6.21. The van der Waals surface area contributed by atoms with Crippen molar-refractivity contribution >= 4 is 34.5 Å². The number of piperazine rings is 1. The first-order valence-corrected chi connectivity index (χ1v) is 20.4. The zero-order valence-corrected chi connectivity index (χ0v) is 34.1. The van der Waals surface area contributed by atoms with Gasteiger partial charge in [0, 0.05) is 75.2 Å². The number of ketones is 1. The lowest BCUT2D eigenvalue weighted by Crippen LogP contribution is -2.47. The van der Waals surface area contributed by atoms with E-state index in [1.807, 2.05) is 45.3 Å². The molecule has 0 bridgehead atoms. The van der Waals surface area contributed by atoms with Crippen LogP contribution in [-0.2, 0) is 9.59 Å². The second-order valence-electron chi connectivity index (χ2n) is 16.3. The summed E-state index contributed by atoms with van der Waals surface area (Å²) in [4.78, 5) is 39.6. The lowest BCUT2D eigenvalue weighted by atomic mass is 9.76. The third-order valence-electron chi connectivity index (χ3n) is 11.2. The Labute approximate surface area is 334 Å². The number of hydrogen-bond donors (Lipinski definition) is 4. The summed E-state index contributed by atoms with van der Waals surface area (Å²) >= 11 is 1.63. The molecule has 1 amide bonds. The van der Waals surface area contributed by atoms with Crippen molar-refractivity contribution < 1.29 is 19.8 Å². The number of nitrogens with one attached hydrogen (secondary N) is 1. The first-order chi connectivity index (χ1) is 26.7. The van der Waals surface area contributed by atoms with Gasteiger partial charge in [-0.2, -0.15) is 0 Å². The van der Waals surface area contributed by atoms with Gasteiger partial charge in [0.15, 0.2) is 5.82 Å². The van der Waals surface area contributed by atoms with Crippen LogP contribution in [0.2, 0.25) is 0 Å². The second kappa shape index (κ2) is 17.5. The Hall–Kier alpha value is -4.85. The van der Waals surface area contributed by atoms with Gasteiger partial charge in [0.2, 0.25) is 5.91 Å². The number of aryl methyl sites for hydroxylation is 1. The van der Waals surface area contributed by atoms with Crippen molar-refractivity contribution in [3.05, 3.63) is 83.6 Å². The topological polar surface area (TPSA) is 161 Å². The standard InChI is InChI=1S/C43H56N8O4S/c1-27(30-13-15-31(16-14-30)40-29(3)45-26-56-40)46-28(2)37-23-33(53)25-51(37)42(55)35(43(4,5)6)22-32(52)10-9-17-49-18-20-50(21-19-49)38-24-36(47-48-41(38)44)34-11-7-8-12-39(34)54/h7-8,11-16,24,26-27,33,35,37,46,53-54H,2,9-10,17-23,25H2,1,3-6H3,(H2,44,48)/t27-,33+,35+,37-/m0/s1. The van der Waals surface area contributed by atoms with Crippen LogP contribution in [0.1, 0.15) is 70.7 Å². The van der Waals surface area contributed by atoms with Gasteiger partial charge in [0.25, 0.3) is 0 Å². The molecule has 2 aliphatic heterocycles. The number of nitrogens with two attached hydrogens (primary N) is 1. The first-order valence-electron chi connectivity index (χ1n) is 19.5. The van der Waals surface area contributed by atoms with Gasteiger partial charge in [-0.25, -0.2) is 4.98 Å². The molecule has 0 spiro atoms. The number of carbonyl (C=O) groups is 2. The molecule has 6 rings (SSSR count). The molecule has 5 N–H and O–H groups in total. The van der Waals surface area contributed by atoms with Crippen molar-refractivity contribution in [3.8, 4) is 27.4 Å². The maximum Gasteiger partial charge on any atom is 0.227 e. The van der Waals surface area contributed by atoms with E-state index in [0.29, 0.717) is 42.0 Å². The molecule has 2 saturated heterocycles. The number of para-hydroxylation sites is 1. The molecule has 4 atom stereocenters. The fraction of sp³-hybridized carbons (Fsp3) is 0.465. The SMILES string of the molecule is C=C(N[C@@H](C)c1ccc(-c2scnc2C)cc1)[C@@H]1C[C@@H](O)CN1C(=O)[C@@H](CC(=O)CCCN1CCN(c2cc(-c3ccccc3O)nnc2N)CC1)C(C)(C)C. The molecular weight excluding hydrogens is 725 g/mol. The molecule has 13 heteroatoms. The molecule has 2 aromatic carbocycles. The summed E-state index contributed by atoms with van der Waals surface area (Å²) in [7, 11) is 0. The van der Waals surface area contributed by atoms with Crippen molar-refractivity contribution in [1.29, 1.82) is 0 Å². The number of rotatable bonds is 14. The summed E-state index contributed by atoms with van der Waals surface area (Å²) in [6, 6.07) is 16.9. The molecular formula is C43H56N8O4S. The van der Waals surface area contributed by atoms with Crippen LogP contribution in [0.3, 0.4) is 0 Å². The van der Waals surface area contributed by atoms with Crippen LogP contribution in [0.25, 0.3) is 21.7 Å². The summed E-state index contributed by atoms with van der Waals surface area (Å²) in [5.74, 6) is -0.0808. The van der Waals surface area contributed by atoms with E-state index < -0.39 is 17.4 Å². The summed E-state index contributed by atoms with van der Waals surface area (Å²) in [6.07, 6.45) is 0.986. The lowest BCUT2D eigenvalue weighted by Gasteiger charge is -2.37. The zero-order chi connectivity index (χ0) is 40.1. The number of hydrogen-bond acceptors (Lipinski definition) is 12. The van der Waals surface area contributed by atoms with Gasteiger partial charge in [-0.3, -0.25) is 14.5 Å². The van der Waals surface area contributed by atoms with E-state index in [9.17, 15) is 19.8 Å². The third-order valence-corrected chi connectivity index (χ3v) is 12.2. The van der Waals surface area contributed by atoms with Crippen LogP contribution < -0.4 is 16.0 Å². The van der Waals surface area contributed by atoms with Crippen molar-refractivity contribution in [2.45, 2.75) is 78.5 Å². The highest BCUT2D eigenvalue weighted by molar-refractivity contribution is 7.13. The van der Waals surface area contributed by atoms with Crippen LogP contribution in [0, 0.1) is 18.3 Å². The summed E-state index contributed by atoms with van der Waals surface area (Å²) in [6.45, 7) is 18.5. The summed E-state index contributed by atoms with van der Waals surface area (Å²) < 4.78 is 0. The Kier molecular flexibility index (Phi) is 12.8. The molecule has 2 aliphatic rings. The number of likely N-dealkylation sites (tertiary alicyclic amines) is 1. The normalized spacial score (nSPS) is 18.8. The van der Waals surface area contributed by atoms with E-state index >= 15 is 0 Å². The summed E-state index contributed by atoms with van der Waals surface area (Å²) in [5, 5.41) is 33.0. The number of anilines is 2. The fourth-order valence-electron chi connectivity index (χ4n) is 7.82. The maximum absolute atomic E-state index is 14.3. The number of phenolic OH excluding ortho intramolecular Hbond substituents is 1. The predicted molar refractivity (Wildman–Crippen MR) is 223 cm³/mol. The Morgan fingerprint density at radius 3 is 2.45 bits per heavy atom. The van der Waals surface area contributed by atoms with Crippen LogP contribution in [0.15, 0.2) is 72.4 Å². The number of nitrogens with zero attached hydrogens (tertiary/aromatic N) is 6. The molecule has 0 aliphatic carbocycles. The van der Waals surface area contributed by atoms with Gasteiger partial charge in [0.1, 0.15) is 11.5 Å². The minimum Gasteiger partial charge on any atom is -0.507 e. The molecule has 298 valence electrons. The fourth-order valence-corrected chi connectivity index (χ4v) is 8.63. The smallest absolute Gasteiger partial charge is 0.227 e. The average molecular weight is 781 g/mol. The Morgan fingerprint density at radius 2 is 1.79 bits per heavy atom. The largest absolute Gasteiger partial charge is 0.507 e. The third kappa shape index (κ3) is 9.56. The molecule has 0 saturated carbocycles. The van der Waals surface area contributed by atoms with E-state index in [1.54, 1.807) is 34.4 Å². The number of amides is 1. The number of nitrogen functional groups attached to an aromatic ring is 1. The molecule has 2 fully saturated rings. The minimum atomic E-state index is -0.665. The van der Waals surface area contributed by atoms with Crippen molar-refractivity contribution in [1.82, 2.24) is 30.3 Å². The maximum atomic E-state index is 14.3. The summed E-state index contributed by atoms with van der Waals surface area (Å²) in [5.41, 5.74) is 13.5. The molecule has 56 heavy (non-hydrogen) atoms. The van der Waals surface area contributed by atoms with Crippen molar-refractivity contribution in [3.63, 3.8) is 0 Å². The number of phenols is 1. The van der Waals surface area contributed by atoms with E-state index in [-0.39, 0.29) is 42.5 Å². The van der Waals surface area contributed by atoms with E-state index in [4.69, 9.17) is 5.73 Å². The number of β-amino-alcohol motifs (C(OH)–C–C–N with tert-alkyl or cyclic N) is 1. The van der Waals surface area contributed by atoms with Gasteiger partial charge in [0.05, 0.1) is 39.6 Å². The highest BCUT2D eigenvalue weighted by Crippen LogP contribution is 2.36. The van der Waals surface area contributed by atoms with Crippen molar-refractivity contribution in [2.24, 2.45) is 11.3 Å². The minimum absolute atomic E-state index is 0.0644. The zero-order valence-electron chi connectivity index (χ0n) is 33.2. The number of aliphatic hydroxyl groups excluding tert-OH is 1. The number of carbonyl (C=O) groups excluding carboxylic acids is 2. The van der Waals surface area contributed by atoms with E-state index in [2.05, 4.69) is 68.1 Å². The van der Waals surface area contributed by atoms with Crippen LogP contribution in [-0.4, -0.2) is 98.3 Å². The number of thiazole rings is 1. The van der Waals surface area contributed by atoms with Gasteiger partial charge >= 0.3 is 0 Å². The van der Waals surface area contributed by atoms with Crippen molar-refractivity contribution in [2.75, 3.05) is 49.9 Å². The number of benzene rings is 2. The molecule has 12 nitrogen and oxygen atoms in total. The van der Waals surface area contributed by atoms with Gasteiger partial charge < -0.3 is 31.1 Å². The highest BCUT2D eigenvalue weighted by Gasteiger charge is 2.43. The highest BCUT2D eigenvalue weighted by atomic mass is 32.1. The number of aliphatic hydroxyl groups is 1. The first kappa shape index (κ1) is 40.8. The molecule has 4 heterocycles. The van der Waals surface area contributed by atoms with Gasteiger partial charge in [-0.05, 0) is 61.6 Å². The van der Waals surface area contributed by atoms with E-state index in [0.717, 1.165) is 60.1 Å². The van der Waals surface area contributed by atoms with Crippen LogP contribution in [0.5, 0.6) is 5.75 Å². The number of aromatic nitrogens is 3. The molecule has 4 aromatic rings. The monoisotopic (exact) mass is 780 g/mol. The second-order valence-corrected chi connectivity index (χ2v) is 17.1. The average Bonchev–Trinajstić information content (AvgIpc) is 3.79. The molecule has 0 radical (unpaired) electrons. The number of aromatic hydroxyl groups is 1. The van der Waals surface area contributed by atoms with E-state index in [1.165, 1.54) is 0 Å². The lowest BCUT2D eigenvalue weighted by molar-refractivity contribution is -0.142. The van der Waals surface area contributed by atoms with Crippen LogP contribution >= 0.6 is 11.3 Å². The Balaban J connectivity index is 0.998. The van der Waals surface area contributed by atoms with Gasteiger partial charge in [-0.15, -0.1) is 21.5 Å². The quantitative estimate of drug-likeness (QED) is 0.115. The number of Topliss-reactive ketones (excluding diaryl/α,β-unsaturated/α-hetero) is 1. The van der Waals surface area contributed by atoms with Crippen LogP contribution in [0.4, 0.5) is 11.5 Å².